The minimum absolute atomic E-state index is 0.0139. The number of aliphatic hydroxyl groups is 1. The molecule has 3 atom stereocenters. The molecule has 0 bridgehead atoms. The Balaban J connectivity index is 4.61. The summed E-state index contributed by atoms with van der Waals surface area (Å²) < 4.78 is 22.8. The SMILES string of the molecule is CCCCCCCCCCC(=O)NC(COP(=O)([O-])OCC[N+](C)(C)C)C(O)CCCCCCCC. The second-order valence-corrected chi connectivity index (χ2v) is 12.5. The van der Waals surface area contributed by atoms with Gasteiger partial charge in [-0.1, -0.05) is 97.3 Å². The first-order chi connectivity index (χ1) is 17.0. The molecule has 36 heavy (non-hydrogen) atoms. The fraction of sp³-hybridized carbons (Fsp3) is 0.963. The van der Waals surface area contributed by atoms with Crippen LogP contribution in [0.5, 0.6) is 0 Å². The molecular weight excluding hydrogens is 479 g/mol. The summed E-state index contributed by atoms with van der Waals surface area (Å²) in [6.07, 6.45) is 15.6. The van der Waals surface area contributed by atoms with Crippen LogP contribution < -0.4 is 10.2 Å². The molecule has 0 aliphatic rings. The zero-order valence-electron chi connectivity index (χ0n) is 24.0. The summed E-state index contributed by atoms with van der Waals surface area (Å²) >= 11 is 0. The van der Waals surface area contributed by atoms with Crippen molar-refractivity contribution in [1.29, 1.82) is 0 Å². The lowest BCUT2D eigenvalue weighted by Crippen LogP contribution is -2.46. The van der Waals surface area contributed by atoms with E-state index in [9.17, 15) is 19.4 Å². The largest absolute Gasteiger partial charge is 0.756 e. The molecule has 1 amide bonds. The van der Waals surface area contributed by atoms with Crippen molar-refractivity contribution in [2.24, 2.45) is 0 Å². The van der Waals surface area contributed by atoms with Crippen molar-refractivity contribution < 1.29 is 32.9 Å². The van der Waals surface area contributed by atoms with Gasteiger partial charge < -0.3 is 28.8 Å². The van der Waals surface area contributed by atoms with Gasteiger partial charge in [-0.15, -0.1) is 0 Å². The Morgan fingerprint density at radius 1 is 0.861 bits per heavy atom. The van der Waals surface area contributed by atoms with E-state index in [2.05, 4.69) is 19.2 Å². The van der Waals surface area contributed by atoms with Crippen molar-refractivity contribution in [1.82, 2.24) is 5.32 Å². The number of aliphatic hydroxyl groups excluding tert-OH is 1. The Morgan fingerprint density at radius 2 is 1.36 bits per heavy atom. The second kappa shape index (κ2) is 21.4. The Hall–Kier alpha value is -0.500. The smallest absolute Gasteiger partial charge is 0.268 e. The van der Waals surface area contributed by atoms with Crippen LogP contribution in [0.3, 0.4) is 0 Å². The highest BCUT2D eigenvalue weighted by molar-refractivity contribution is 7.45. The van der Waals surface area contributed by atoms with E-state index in [1.54, 1.807) is 0 Å². The first kappa shape index (κ1) is 35.5. The van der Waals surface area contributed by atoms with E-state index in [0.29, 0.717) is 23.9 Å². The van der Waals surface area contributed by atoms with Gasteiger partial charge >= 0.3 is 0 Å². The lowest BCUT2D eigenvalue weighted by atomic mass is 10.0. The average Bonchev–Trinajstić information content (AvgIpc) is 2.79. The van der Waals surface area contributed by atoms with Crippen molar-refractivity contribution in [3.05, 3.63) is 0 Å². The number of phosphoric acid groups is 1. The summed E-state index contributed by atoms with van der Waals surface area (Å²) in [5.41, 5.74) is 0. The highest BCUT2D eigenvalue weighted by atomic mass is 31.2. The number of hydrogen-bond acceptors (Lipinski definition) is 6. The van der Waals surface area contributed by atoms with Gasteiger partial charge in [0, 0.05) is 6.42 Å². The number of quaternary nitrogens is 1. The normalized spacial score (nSPS) is 15.4. The standard InChI is InChI=1S/C27H57N2O6P/c1-6-8-10-12-14-15-17-19-21-27(31)28-25(26(30)20-18-16-13-11-9-7-2)24-35-36(32,33)34-23-22-29(3,4)5/h25-26,30H,6-24H2,1-5H3,(H-,28,31,32,33). The van der Waals surface area contributed by atoms with Gasteiger partial charge in [-0.05, 0) is 12.8 Å². The van der Waals surface area contributed by atoms with E-state index in [-0.39, 0.29) is 19.1 Å². The van der Waals surface area contributed by atoms with Gasteiger partial charge in [-0.3, -0.25) is 9.36 Å². The van der Waals surface area contributed by atoms with Gasteiger partial charge in [0.05, 0.1) is 39.9 Å². The number of nitrogens with one attached hydrogen (secondary N) is 1. The maximum atomic E-state index is 12.5. The average molecular weight is 537 g/mol. The van der Waals surface area contributed by atoms with Crippen molar-refractivity contribution in [2.45, 2.75) is 129 Å². The van der Waals surface area contributed by atoms with Crippen molar-refractivity contribution in [3.8, 4) is 0 Å². The molecule has 0 radical (unpaired) electrons. The van der Waals surface area contributed by atoms with Crippen LogP contribution in [0.15, 0.2) is 0 Å². The first-order valence-corrected chi connectivity index (χ1v) is 15.8. The van der Waals surface area contributed by atoms with Gasteiger partial charge in [0.15, 0.2) is 0 Å². The maximum Gasteiger partial charge on any atom is 0.268 e. The van der Waals surface area contributed by atoms with E-state index in [4.69, 9.17) is 9.05 Å². The van der Waals surface area contributed by atoms with Gasteiger partial charge in [0.2, 0.25) is 5.91 Å². The fourth-order valence-corrected chi connectivity index (χ4v) is 4.64. The molecule has 2 N–H and O–H groups in total. The van der Waals surface area contributed by atoms with Crippen LogP contribution in [0, 0.1) is 0 Å². The topological polar surface area (TPSA) is 108 Å². The summed E-state index contributed by atoms with van der Waals surface area (Å²) in [6, 6.07) is -0.786. The monoisotopic (exact) mass is 536 g/mol. The summed E-state index contributed by atoms with van der Waals surface area (Å²) in [5.74, 6) is -0.178. The number of amides is 1. The van der Waals surface area contributed by atoms with Crippen molar-refractivity contribution in [3.63, 3.8) is 0 Å². The number of carbonyl (C=O) groups is 1. The molecule has 0 aromatic carbocycles. The number of carbonyl (C=O) groups excluding carboxylic acids is 1. The number of likely N-dealkylation sites (N-methyl/N-ethyl adjacent to an activating group) is 1. The molecule has 0 aliphatic heterocycles. The Bertz CT molecular complexity index is 585. The van der Waals surface area contributed by atoms with Crippen LogP contribution in [-0.4, -0.2) is 68.5 Å². The highest BCUT2D eigenvalue weighted by Gasteiger charge is 2.24. The minimum atomic E-state index is -4.52. The van der Waals surface area contributed by atoms with E-state index >= 15 is 0 Å². The molecule has 0 aromatic rings. The number of rotatable bonds is 25. The number of nitrogens with zero attached hydrogens (tertiary/aromatic N) is 1. The third-order valence-corrected chi connectivity index (χ3v) is 7.31. The fourth-order valence-electron chi connectivity index (χ4n) is 3.92. The van der Waals surface area contributed by atoms with Gasteiger partial charge in [-0.2, -0.15) is 0 Å². The Kier molecular flexibility index (Phi) is 21.1. The summed E-state index contributed by atoms with van der Waals surface area (Å²) in [7, 11) is 1.30. The van der Waals surface area contributed by atoms with Crippen molar-refractivity contribution in [2.75, 3.05) is 40.9 Å². The predicted molar refractivity (Wildman–Crippen MR) is 146 cm³/mol. The van der Waals surface area contributed by atoms with Gasteiger partial charge in [-0.25, -0.2) is 0 Å². The Morgan fingerprint density at radius 3 is 1.89 bits per heavy atom. The van der Waals surface area contributed by atoms with Crippen molar-refractivity contribution >= 4 is 13.7 Å². The van der Waals surface area contributed by atoms with Gasteiger partial charge in [0.1, 0.15) is 13.2 Å². The molecule has 0 spiro atoms. The van der Waals surface area contributed by atoms with E-state index in [0.717, 1.165) is 38.5 Å². The summed E-state index contributed by atoms with van der Waals surface area (Å²) in [6.45, 7) is 4.57. The molecule has 0 saturated carbocycles. The molecule has 0 aliphatic carbocycles. The number of phosphoric ester groups is 1. The number of hydrogen-bond donors (Lipinski definition) is 2. The van der Waals surface area contributed by atoms with E-state index in [1.807, 2.05) is 21.1 Å². The molecule has 0 heterocycles. The van der Waals surface area contributed by atoms with E-state index < -0.39 is 20.0 Å². The van der Waals surface area contributed by atoms with Gasteiger partial charge in [0.25, 0.3) is 7.82 Å². The first-order valence-electron chi connectivity index (χ1n) is 14.4. The third-order valence-electron chi connectivity index (χ3n) is 6.35. The van der Waals surface area contributed by atoms with Crippen LogP contribution in [-0.2, 0) is 18.4 Å². The lowest BCUT2D eigenvalue weighted by Gasteiger charge is -2.30. The quantitative estimate of drug-likeness (QED) is 0.0929. The highest BCUT2D eigenvalue weighted by Crippen LogP contribution is 2.38. The summed E-state index contributed by atoms with van der Waals surface area (Å²) in [5, 5.41) is 13.5. The molecule has 216 valence electrons. The zero-order chi connectivity index (χ0) is 27.3. The zero-order valence-corrected chi connectivity index (χ0v) is 24.9. The maximum absolute atomic E-state index is 12.5. The molecule has 0 rings (SSSR count). The minimum Gasteiger partial charge on any atom is -0.756 e. The molecule has 0 fully saturated rings. The third kappa shape index (κ3) is 22.7. The van der Waals surface area contributed by atoms with Crippen LogP contribution in [0.4, 0.5) is 0 Å². The lowest BCUT2D eigenvalue weighted by molar-refractivity contribution is -0.870. The second-order valence-electron chi connectivity index (χ2n) is 11.1. The molecule has 9 heteroatoms. The summed E-state index contributed by atoms with van der Waals surface area (Å²) in [4.78, 5) is 24.7. The van der Waals surface area contributed by atoms with Crippen LogP contribution in [0.1, 0.15) is 117 Å². The molecule has 8 nitrogen and oxygen atoms in total. The van der Waals surface area contributed by atoms with Crippen LogP contribution in [0.25, 0.3) is 0 Å². The predicted octanol–water partition coefficient (Wildman–Crippen LogP) is 5.32. The molecule has 0 saturated heterocycles. The van der Waals surface area contributed by atoms with Crippen LogP contribution in [0.2, 0.25) is 0 Å². The van der Waals surface area contributed by atoms with Crippen LogP contribution >= 0.6 is 7.82 Å². The Labute approximate surface area is 221 Å². The molecule has 3 unspecified atom stereocenters. The molecule has 0 aromatic heterocycles. The molecular formula is C27H57N2O6P. The number of unbranched alkanes of at least 4 members (excludes halogenated alkanes) is 12. The van der Waals surface area contributed by atoms with E-state index in [1.165, 1.54) is 51.4 Å².